The highest BCUT2D eigenvalue weighted by molar-refractivity contribution is 5.22. The minimum atomic E-state index is 0.0693. The van der Waals surface area contributed by atoms with Crippen LogP contribution < -0.4 is 5.32 Å². The third-order valence-corrected chi connectivity index (χ3v) is 2.08. The molecule has 2 aromatic rings. The smallest absolute Gasteiger partial charge is 0.322 e. The lowest BCUT2D eigenvalue weighted by Crippen LogP contribution is -2.11. The van der Waals surface area contributed by atoms with Crippen molar-refractivity contribution in [2.24, 2.45) is 0 Å². The highest BCUT2D eigenvalue weighted by Crippen LogP contribution is 2.17. The van der Waals surface area contributed by atoms with Crippen molar-refractivity contribution in [2.45, 2.75) is 26.3 Å². The van der Waals surface area contributed by atoms with Crippen LogP contribution in [0.15, 0.2) is 16.9 Å². The minimum absolute atomic E-state index is 0.0693. The van der Waals surface area contributed by atoms with Gasteiger partial charge in [0.2, 0.25) is 0 Å². The first-order valence-electron chi connectivity index (χ1n) is 4.85. The van der Waals surface area contributed by atoms with E-state index in [1.165, 1.54) is 0 Å². The Kier molecular flexibility index (Phi) is 2.66. The standard InChI is InChI=1S/C9H13N5O/c1-3-7(8-10-4-5-11-8)13-9-12-6(2)14-15-9/h4-5,7H,3H2,1-2H3,(H,10,11)(H,12,13,14). The van der Waals surface area contributed by atoms with Gasteiger partial charge in [-0.2, -0.15) is 4.98 Å². The molecule has 0 aliphatic carbocycles. The van der Waals surface area contributed by atoms with Crippen molar-refractivity contribution in [3.8, 4) is 0 Å². The fourth-order valence-electron chi connectivity index (χ4n) is 1.34. The van der Waals surface area contributed by atoms with Gasteiger partial charge in [0.15, 0.2) is 5.82 Å². The fraction of sp³-hybridized carbons (Fsp3) is 0.444. The largest absolute Gasteiger partial charge is 0.347 e. The molecule has 0 aliphatic rings. The molecule has 6 heteroatoms. The number of rotatable bonds is 4. The van der Waals surface area contributed by atoms with Crippen LogP contribution in [0.25, 0.3) is 0 Å². The lowest BCUT2D eigenvalue weighted by atomic mass is 10.2. The van der Waals surface area contributed by atoms with Crippen LogP contribution in [0.1, 0.15) is 31.0 Å². The van der Waals surface area contributed by atoms with E-state index in [1.54, 1.807) is 19.3 Å². The number of hydrogen-bond acceptors (Lipinski definition) is 5. The van der Waals surface area contributed by atoms with E-state index in [0.29, 0.717) is 11.8 Å². The number of aromatic nitrogens is 4. The molecule has 0 saturated heterocycles. The first-order chi connectivity index (χ1) is 7.29. The zero-order chi connectivity index (χ0) is 10.7. The van der Waals surface area contributed by atoms with Gasteiger partial charge in [-0.15, -0.1) is 0 Å². The van der Waals surface area contributed by atoms with E-state index in [2.05, 4.69) is 32.3 Å². The van der Waals surface area contributed by atoms with Gasteiger partial charge in [0.25, 0.3) is 0 Å². The fourth-order valence-corrected chi connectivity index (χ4v) is 1.34. The third-order valence-electron chi connectivity index (χ3n) is 2.08. The monoisotopic (exact) mass is 207 g/mol. The summed E-state index contributed by atoms with van der Waals surface area (Å²) < 4.78 is 4.98. The number of nitrogens with zero attached hydrogens (tertiary/aromatic N) is 3. The molecule has 1 atom stereocenters. The Hall–Kier alpha value is -1.85. The molecule has 0 aliphatic heterocycles. The zero-order valence-corrected chi connectivity index (χ0v) is 8.69. The average molecular weight is 207 g/mol. The molecule has 6 nitrogen and oxygen atoms in total. The normalized spacial score (nSPS) is 12.7. The summed E-state index contributed by atoms with van der Waals surface area (Å²) in [6.07, 6.45) is 4.40. The minimum Gasteiger partial charge on any atom is -0.347 e. The number of imidazole rings is 1. The van der Waals surface area contributed by atoms with E-state index in [1.807, 2.05) is 0 Å². The van der Waals surface area contributed by atoms with Gasteiger partial charge in [-0.3, -0.25) is 0 Å². The van der Waals surface area contributed by atoms with Gasteiger partial charge < -0.3 is 14.8 Å². The van der Waals surface area contributed by atoms with Crippen LogP contribution in [0.2, 0.25) is 0 Å². The van der Waals surface area contributed by atoms with E-state index in [-0.39, 0.29) is 6.04 Å². The molecule has 2 N–H and O–H groups in total. The summed E-state index contributed by atoms with van der Waals surface area (Å²) in [5, 5.41) is 6.82. The molecule has 1 unspecified atom stereocenters. The summed E-state index contributed by atoms with van der Waals surface area (Å²) in [5.41, 5.74) is 0. The van der Waals surface area contributed by atoms with E-state index in [9.17, 15) is 0 Å². The second kappa shape index (κ2) is 4.12. The summed E-state index contributed by atoms with van der Waals surface area (Å²) in [7, 11) is 0. The van der Waals surface area contributed by atoms with Crippen molar-refractivity contribution in [2.75, 3.05) is 5.32 Å². The Labute approximate surface area is 87.1 Å². The van der Waals surface area contributed by atoms with Crippen molar-refractivity contribution < 1.29 is 4.52 Å². The molecule has 0 fully saturated rings. The molecule has 0 aromatic carbocycles. The van der Waals surface area contributed by atoms with Gasteiger partial charge in [0.05, 0.1) is 6.04 Å². The Morgan fingerprint density at radius 1 is 1.60 bits per heavy atom. The highest BCUT2D eigenvalue weighted by Gasteiger charge is 2.14. The van der Waals surface area contributed by atoms with Crippen LogP contribution in [0.5, 0.6) is 0 Å². The quantitative estimate of drug-likeness (QED) is 0.797. The van der Waals surface area contributed by atoms with Gasteiger partial charge in [0.1, 0.15) is 5.82 Å². The predicted molar refractivity (Wildman–Crippen MR) is 54.3 cm³/mol. The molecule has 2 rings (SSSR count). The number of anilines is 1. The number of nitrogens with one attached hydrogen (secondary N) is 2. The van der Waals surface area contributed by atoms with Crippen molar-refractivity contribution in [1.82, 2.24) is 20.1 Å². The Bertz CT molecular complexity index is 408. The molecule has 0 amide bonds. The first kappa shape index (κ1) is 9.70. The Morgan fingerprint density at radius 2 is 2.47 bits per heavy atom. The van der Waals surface area contributed by atoms with Crippen molar-refractivity contribution >= 4 is 6.01 Å². The van der Waals surface area contributed by atoms with Crippen LogP contribution in [0.3, 0.4) is 0 Å². The summed E-state index contributed by atoms with van der Waals surface area (Å²) in [6.45, 7) is 3.84. The molecule has 0 saturated carbocycles. The summed E-state index contributed by atoms with van der Waals surface area (Å²) >= 11 is 0. The molecule has 15 heavy (non-hydrogen) atoms. The SMILES string of the molecule is CCC(Nc1nc(C)no1)c1ncc[nH]1. The molecule has 0 radical (unpaired) electrons. The Balaban J connectivity index is 2.09. The maximum atomic E-state index is 4.98. The number of aryl methyl sites for hydroxylation is 1. The van der Waals surface area contributed by atoms with E-state index >= 15 is 0 Å². The molecule has 2 aromatic heterocycles. The molecule has 2 heterocycles. The van der Waals surface area contributed by atoms with Gasteiger partial charge >= 0.3 is 6.01 Å². The number of H-pyrrole nitrogens is 1. The number of aromatic amines is 1. The molecule has 0 bridgehead atoms. The van der Waals surface area contributed by atoms with Gasteiger partial charge in [-0.1, -0.05) is 12.1 Å². The first-order valence-corrected chi connectivity index (χ1v) is 4.85. The maximum absolute atomic E-state index is 4.98. The van der Waals surface area contributed by atoms with Gasteiger partial charge in [0, 0.05) is 12.4 Å². The predicted octanol–water partition coefficient (Wildman–Crippen LogP) is 1.66. The third kappa shape index (κ3) is 2.15. The van der Waals surface area contributed by atoms with Gasteiger partial charge in [-0.25, -0.2) is 4.98 Å². The van der Waals surface area contributed by atoms with Crippen LogP contribution in [0, 0.1) is 6.92 Å². The van der Waals surface area contributed by atoms with E-state index in [4.69, 9.17) is 4.52 Å². The lowest BCUT2D eigenvalue weighted by molar-refractivity contribution is 0.420. The highest BCUT2D eigenvalue weighted by atomic mass is 16.5. The summed E-state index contributed by atoms with van der Waals surface area (Å²) in [6, 6.07) is 0.496. The average Bonchev–Trinajstić information content (AvgIpc) is 2.85. The topological polar surface area (TPSA) is 79.6 Å². The molecular weight excluding hydrogens is 194 g/mol. The second-order valence-corrected chi connectivity index (χ2v) is 3.23. The Morgan fingerprint density at radius 3 is 3.00 bits per heavy atom. The van der Waals surface area contributed by atoms with E-state index < -0.39 is 0 Å². The second-order valence-electron chi connectivity index (χ2n) is 3.23. The zero-order valence-electron chi connectivity index (χ0n) is 8.69. The maximum Gasteiger partial charge on any atom is 0.322 e. The number of hydrogen-bond donors (Lipinski definition) is 2. The van der Waals surface area contributed by atoms with E-state index in [0.717, 1.165) is 12.2 Å². The van der Waals surface area contributed by atoms with Crippen molar-refractivity contribution in [3.05, 3.63) is 24.0 Å². The van der Waals surface area contributed by atoms with Crippen LogP contribution >= 0.6 is 0 Å². The molecule has 0 spiro atoms. The summed E-state index contributed by atoms with van der Waals surface area (Å²) in [5.74, 6) is 1.49. The molecular formula is C9H13N5O. The van der Waals surface area contributed by atoms with Gasteiger partial charge in [-0.05, 0) is 13.3 Å². The van der Waals surface area contributed by atoms with Crippen LogP contribution in [0.4, 0.5) is 6.01 Å². The van der Waals surface area contributed by atoms with Crippen LogP contribution in [-0.2, 0) is 0 Å². The van der Waals surface area contributed by atoms with Crippen molar-refractivity contribution in [3.63, 3.8) is 0 Å². The molecule has 80 valence electrons. The van der Waals surface area contributed by atoms with Crippen LogP contribution in [-0.4, -0.2) is 20.1 Å². The van der Waals surface area contributed by atoms with Crippen molar-refractivity contribution in [1.29, 1.82) is 0 Å². The summed E-state index contributed by atoms with van der Waals surface area (Å²) in [4.78, 5) is 11.3. The lowest BCUT2D eigenvalue weighted by Gasteiger charge is -2.11.